The second kappa shape index (κ2) is 3.08. The van der Waals surface area contributed by atoms with E-state index in [1.54, 1.807) is 6.07 Å². The lowest BCUT2D eigenvalue weighted by atomic mass is 10.1. The van der Waals surface area contributed by atoms with Crippen LogP contribution in [-0.4, -0.2) is 13.2 Å². The maximum atomic E-state index is 12.5. The first-order chi connectivity index (χ1) is 6.59. The Hall–Kier alpha value is -1.39. The molecule has 0 saturated carbocycles. The number of fused-ring (bicyclic) bond motifs is 1. The van der Waals surface area contributed by atoms with Crippen molar-refractivity contribution in [1.29, 1.82) is 0 Å². The van der Waals surface area contributed by atoms with Gasteiger partial charge in [0.2, 0.25) is 0 Å². The summed E-state index contributed by atoms with van der Waals surface area (Å²) in [6.45, 7) is 0.800. The zero-order valence-electron chi connectivity index (χ0n) is 7.19. The van der Waals surface area contributed by atoms with E-state index in [1.165, 1.54) is 6.07 Å². The first kappa shape index (κ1) is 9.18. The van der Waals surface area contributed by atoms with Crippen molar-refractivity contribution in [3.63, 3.8) is 0 Å². The van der Waals surface area contributed by atoms with Crippen LogP contribution in [0.5, 0.6) is 5.75 Å². The van der Waals surface area contributed by atoms with Crippen molar-refractivity contribution in [2.45, 2.75) is 6.18 Å². The zero-order chi connectivity index (χ0) is 10.2. The van der Waals surface area contributed by atoms with Crippen molar-refractivity contribution in [3.05, 3.63) is 23.8 Å². The predicted octanol–water partition coefficient (Wildman–Crippen LogP) is 2.51. The number of rotatable bonds is 0. The van der Waals surface area contributed by atoms with Gasteiger partial charge in [-0.2, -0.15) is 13.2 Å². The van der Waals surface area contributed by atoms with Crippen molar-refractivity contribution < 1.29 is 17.9 Å². The number of alkyl halides is 3. The fourth-order valence-electron chi connectivity index (χ4n) is 1.39. The van der Waals surface area contributed by atoms with Crippen LogP contribution in [-0.2, 0) is 6.18 Å². The van der Waals surface area contributed by atoms with Crippen molar-refractivity contribution >= 4 is 5.69 Å². The van der Waals surface area contributed by atoms with Gasteiger partial charge in [-0.25, -0.2) is 0 Å². The van der Waals surface area contributed by atoms with Gasteiger partial charge in [-0.3, -0.25) is 0 Å². The first-order valence-electron chi connectivity index (χ1n) is 4.16. The van der Waals surface area contributed by atoms with E-state index in [0.717, 1.165) is 6.07 Å². The lowest BCUT2D eigenvalue weighted by Gasteiger charge is -2.22. The number of hydrogen-bond acceptors (Lipinski definition) is 2. The zero-order valence-corrected chi connectivity index (χ0v) is 7.19. The highest BCUT2D eigenvalue weighted by atomic mass is 19.4. The highest BCUT2D eigenvalue weighted by Crippen LogP contribution is 2.41. The summed E-state index contributed by atoms with van der Waals surface area (Å²) in [7, 11) is 0. The van der Waals surface area contributed by atoms with Gasteiger partial charge in [0.15, 0.2) is 5.75 Å². The molecule has 1 aromatic rings. The van der Waals surface area contributed by atoms with E-state index in [-0.39, 0.29) is 12.4 Å². The Bertz CT molecular complexity index is 348. The fourth-order valence-corrected chi connectivity index (χ4v) is 1.39. The van der Waals surface area contributed by atoms with E-state index >= 15 is 0 Å². The SMILES string of the molecule is FC(F)(F)c1cccc2c1OCCN2. The summed E-state index contributed by atoms with van der Waals surface area (Å²) >= 11 is 0. The molecule has 0 atom stereocenters. The van der Waals surface area contributed by atoms with E-state index in [9.17, 15) is 13.2 Å². The van der Waals surface area contributed by atoms with Crippen LogP contribution in [0.2, 0.25) is 0 Å². The summed E-state index contributed by atoms with van der Waals surface area (Å²) in [5, 5.41) is 2.85. The van der Waals surface area contributed by atoms with E-state index in [2.05, 4.69) is 5.32 Å². The van der Waals surface area contributed by atoms with Gasteiger partial charge in [-0.1, -0.05) is 6.07 Å². The van der Waals surface area contributed by atoms with Crippen LogP contribution in [0.4, 0.5) is 18.9 Å². The largest absolute Gasteiger partial charge is 0.489 e. The second-order valence-corrected chi connectivity index (χ2v) is 2.96. The number of para-hydroxylation sites is 1. The van der Waals surface area contributed by atoms with Gasteiger partial charge < -0.3 is 10.1 Å². The minimum atomic E-state index is -4.36. The van der Waals surface area contributed by atoms with E-state index < -0.39 is 11.7 Å². The highest BCUT2D eigenvalue weighted by Gasteiger charge is 2.35. The minimum Gasteiger partial charge on any atom is -0.489 e. The Morgan fingerprint density at radius 3 is 2.79 bits per heavy atom. The maximum Gasteiger partial charge on any atom is 0.420 e. The molecule has 0 aromatic heterocycles. The molecular weight excluding hydrogens is 195 g/mol. The van der Waals surface area contributed by atoms with Crippen molar-refractivity contribution in [2.24, 2.45) is 0 Å². The second-order valence-electron chi connectivity index (χ2n) is 2.96. The number of nitrogens with one attached hydrogen (secondary N) is 1. The molecule has 5 heteroatoms. The lowest BCUT2D eigenvalue weighted by molar-refractivity contribution is -0.138. The summed E-state index contributed by atoms with van der Waals surface area (Å²) in [5.41, 5.74) is -0.312. The molecule has 1 N–H and O–H groups in total. The van der Waals surface area contributed by atoms with Crippen LogP contribution in [0.15, 0.2) is 18.2 Å². The number of anilines is 1. The number of hydrogen-bond donors (Lipinski definition) is 1. The monoisotopic (exact) mass is 203 g/mol. The Morgan fingerprint density at radius 2 is 2.07 bits per heavy atom. The molecular formula is C9H8F3NO. The third-order valence-corrected chi connectivity index (χ3v) is 1.98. The Kier molecular flexibility index (Phi) is 2.02. The van der Waals surface area contributed by atoms with Crippen LogP contribution in [0.25, 0.3) is 0 Å². The Morgan fingerprint density at radius 1 is 1.29 bits per heavy atom. The summed E-state index contributed by atoms with van der Waals surface area (Å²) in [6, 6.07) is 3.96. The molecule has 1 aliphatic rings. The maximum absolute atomic E-state index is 12.5. The van der Waals surface area contributed by atoms with Gasteiger partial charge in [0.1, 0.15) is 6.61 Å². The van der Waals surface area contributed by atoms with Crippen LogP contribution >= 0.6 is 0 Å². The third-order valence-electron chi connectivity index (χ3n) is 1.98. The molecule has 0 amide bonds. The van der Waals surface area contributed by atoms with Gasteiger partial charge >= 0.3 is 6.18 Å². The van der Waals surface area contributed by atoms with Crippen LogP contribution < -0.4 is 10.1 Å². The van der Waals surface area contributed by atoms with Gasteiger partial charge in [-0.05, 0) is 12.1 Å². The highest BCUT2D eigenvalue weighted by molar-refractivity contribution is 5.62. The smallest absolute Gasteiger partial charge is 0.420 e. The van der Waals surface area contributed by atoms with Crippen molar-refractivity contribution in [3.8, 4) is 5.75 Å². The average Bonchev–Trinajstić information content (AvgIpc) is 2.15. The third kappa shape index (κ3) is 1.49. The predicted molar refractivity (Wildman–Crippen MR) is 45.4 cm³/mol. The molecule has 14 heavy (non-hydrogen) atoms. The molecule has 0 bridgehead atoms. The number of halogens is 3. The summed E-state index contributed by atoms with van der Waals surface area (Å²) in [5.74, 6) is -0.0914. The number of ether oxygens (including phenoxy) is 1. The molecule has 2 rings (SSSR count). The van der Waals surface area contributed by atoms with E-state index in [0.29, 0.717) is 12.2 Å². The molecule has 2 nitrogen and oxygen atoms in total. The molecule has 0 spiro atoms. The average molecular weight is 203 g/mol. The van der Waals surface area contributed by atoms with Crippen LogP contribution in [0, 0.1) is 0 Å². The molecule has 0 radical (unpaired) electrons. The molecule has 1 heterocycles. The fraction of sp³-hybridized carbons (Fsp3) is 0.333. The lowest BCUT2D eigenvalue weighted by Crippen LogP contribution is -2.21. The normalized spacial score (nSPS) is 15.4. The molecule has 0 saturated heterocycles. The molecule has 1 aromatic carbocycles. The van der Waals surface area contributed by atoms with E-state index in [1.807, 2.05) is 0 Å². The first-order valence-corrected chi connectivity index (χ1v) is 4.16. The molecule has 76 valence electrons. The van der Waals surface area contributed by atoms with Gasteiger partial charge in [0.05, 0.1) is 11.3 Å². The number of benzene rings is 1. The minimum absolute atomic E-state index is 0.0914. The summed E-state index contributed by atoms with van der Waals surface area (Å²) < 4.78 is 42.4. The summed E-state index contributed by atoms with van der Waals surface area (Å²) in [4.78, 5) is 0. The van der Waals surface area contributed by atoms with Crippen LogP contribution in [0.1, 0.15) is 5.56 Å². The quantitative estimate of drug-likeness (QED) is 0.699. The summed E-state index contributed by atoms with van der Waals surface area (Å²) in [6.07, 6.45) is -4.36. The molecule has 0 unspecified atom stereocenters. The van der Waals surface area contributed by atoms with Crippen molar-refractivity contribution in [1.82, 2.24) is 0 Å². The van der Waals surface area contributed by atoms with Gasteiger partial charge in [0, 0.05) is 6.54 Å². The van der Waals surface area contributed by atoms with E-state index in [4.69, 9.17) is 4.74 Å². The van der Waals surface area contributed by atoms with Crippen molar-refractivity contribution in [2.75, 3.05) is 18.5 Å². The molecule has 0 fully saturated rings. The van der Waals surface area contributed by atoms with Gasteiger partial charge in [0.25, 0.3) is 0 Å². The molecule has 1 aliphatic heterocycles. The van der Waals surface area contributed by atoms with Crippen LogP contribution in [0.3, 0.4) is 0 Å². The van der Waals surface area contributed by atoms with Gasteiger partial charge in [-0.15, -0.1) is 0 Å². The Balaban J connectivity index is 2.51. The standard InChI is InChI=1S/C9H8F3NO/c10-9(11,12)6-2-1-3-7-8(6)14-5-4-13-7/h1-3,13H,4-5H2. The Labute approximate surface area is 78.7 Å². The topological polar surface area (TPSA) is 21.3 Å². The molecule has 0 aliphatic carbocycles.